The van der Waals surface area contributed by atoms with E-state index in [4.69, 9.17) is 32.6 Å². The number of sulfonamides is 1. The van der Waals surface area contributed by atoms with E-state index < -0.39 is 16.0 Å². The van der Waals surface area contributed by atoms with Crippen LogP contribution < -0.4 is 5.73 Å². The highest BCUT2D eigenvalue weighted by atomic mass is 35.5. The van der Waals surface area contributed by atoms with E-state index in [1.165, 1.54) is 4.31 Å². The van der Waals surface area contributed by atoms with E-state index in [2.05, 4.69) is 0 Å². The van der Waals surface area contributed by atoms with E-state index in [-0.39, 0.29) is 29.7 Å². The van der Waals surface area contributed by atoms with Gasteiger partial charge < -0.3 is 15.7 Å². The third-order valence-corrected chi connectivity index (χ3v) is 7.83. The number of halogens is 1. The number of benzene rings is 3. The molecule has 1 saturated heterocycles. The van der Waals surface area contributed by atoms with Crippen LogP contribution in [0.4, 0.5) is 0 Å². The summed E-state index contributed by atoms with van der Waals surface area (Å²) >= 11 is 6.01. The van der Waals surface area contributed by atoms with Gasteiger partial charge in [0.1, 0.15) is 5.84 Å². The molecule has 0 aliphatic carbocycles. The lowest BCUT2D eigenvalue weighted by Gasteiger charge is -2.34. The molecule has 4 rings (SSSR count). The molecule has 3 aromatic rings. The highest BCUT2D eigenvalue weighted by Crippen LogP contribution is 2.25. The molecule has 0 saturated carbocycles. The van der Waals surface area contributed by atoms with Crippen LogP contribution in [0.25, 0.3) is 10.8 Å². The van der Waals surface area contributed by atoms with Crippen molar-refractivity contribution in [2.24, 2.45) is 5.73 Å². The number of amides is 1. The second-order valence-electron chi connectivity index (χ2n) is 8.31. The van der Waals surface area contributed by atoms with Crippen LogP contribution in [0.3, 0.4) is 0 Å². The molecule has 0 radical (unpaired) electrons. The lowest BCUT2D eigenvalue weighted by Crippen LogP contribution is -2.50. The van der Waals surface area contributed by atoms with Crippen LogP contribution in [0.15, 0.2) is 59.5 Å². The molecule has 0 atom stereocenters. The van der Waals surface area contributed by atoms with Gasteiger partial charge in [0.15, 0.2) is 0 Å². The van der Waals surface area contributed by atoms with Gasteiger partial charge in [-0.1, -0.05) is 29.8 Å². The maximum atomic E-state index is 13.2. The largest absolute Gasteiger partial charge is 0.481 e. The first-order valence-corrected chi connectivity index (χ1v) is 12.9. The van der Waals surface area contributed by atoms with Gasteiger partial charge in [0.25, 0.3) is 11.9 Å². The topological polar surface area (TPSA) is 145 Å². The number of piperazine rings is 1. The number of carboxylic acid groups (broad SMARTS) is 1. The fourth-order valence-electron chi connectivity index (χ4n) is 3.88. The Morgan fingerprint density at radius 2 is 1.56 bits per heavy atom. The van der Waals surface area contributed by atoms with Crippen LogP contribution >= 0.6 is 11.6 Å². The molecule has 11 heteroatoms. The molecule has 4 N–H and O–H groups in total. The number of carbonyl (C=O) groups is 2. The summed E-state index contributed by atoms with van der Waals surface area (Å²) in [5.74, 6) is -1.04. The van der Waals surface area contributed by atoms with Crippen molar-refractivity contribution in [1.29, 1.82) is 5.41 Å². The number of nitrogens with one attached hydrogen (secondary N) is 1. The van der Waals surface area contributed by atoms with Gasteiger partial charge in [0.05, 0.1) is 4.90 Å². The molecule has 36 heavy (non-hydrogen) atoms. The molecule has 3 aromatic carbocycles. The maximum Gasteiger partial charge on any atom is 0.300 e. The quantitative estimate of drug-likeness (QED) is 0.348. The number of fused-ring (bicyclic) bond motifs is 1. The van der Waals surface area contributed by atoms with Gasteiger partial charge in [-0.2, -0.15) is 4.31 Å². The maximum absolute atomic E-state index is 13.2. The van der Waals surface area contributed by atoms with Gasteiger partial charge in [0, 0.05) is 49.3 Å². The summed E-state index contributed by atoms with van der Waals surface area (Å²) in [6.45, 7) is 3.92. The number of hydrogen-bond donors (Lipinski definition) is 3. The molecule has 0 spiro atoms. The number of nitrogens with two attached hydrogens (primary N) is 1. The molecule has 190 valence electrons. The van der Waals surface area contributed by atoms with E-state index in [0.717, 1.165) is 23.3 Å². The molecule has 1 aliphatic heterocycles. The summed E-state index contributed by atoms with van der Waals surface area (Å²) in [6, 6.07) is 15.3. The average molecular weight is 531 g/mol. The first-order chi connectivity index (χ1) is 16.9. The number of aliphatic carboxylic acids is 1. The molecular formula is C25H27ClN4O5S. The Bertz CT molecular complexity index is 1430. The van der Waals surface area contributed by atoms with Crippen molar-refractivity contribution < 1.29 is 23.1 Å². The van der Waals surface area contributed by atoms with Crippen molar-refractivity contribution in [3.8, 4) is 0 Å². The Kier molecular flexibility index (Phi) is 8.34. The molecule has 0 aromatic heterocycles. The zero-order chi connectivity index (χ0) is 26.6. The van der Waals surface area contributed by atoms with Gasteiger partial charge in [-0.15, -0.1) is 0 Å². The van der Waals surface area contributed by atoms with E-state index in [1.54, 1.807) is 66.4 Å². The van der Waals surface area contributed by atoms with Gasteiger partial charge in [-0.3, -0.25) is 15.0 Å². The molecular weight excluding hydrogens is 504 g/mol. The van der Waals surface area contributed by atoms with Crippen LogP contribution in [0, 0.1) is 12.3 Å². The fraction of sp³-hybridized carbons (Fsp3) is 0.240. The first-order valence-electron chi connectivity index (χ1n) is 11.0. The predicted octanol–water partition coefficient (Wildman–Crippen LogP) is 3.32. The number of nitrogens with zero attached hydrogens (tertiary/aromatic N) is 2. The number of rotatable bonds is 4. The van der Waals surface area contributed by atoms with Crippen molar-refractivity contribution in [3.63, 3.8) is 0 Å². The molecule has 1 amide bonds. The summed E-state index contributed by atoms with van der Waals surface area (Å²) in [6.07, 6.45) is 0. The van der Waals surface area contributed by atoms with Gasteiger partial charge in [0.2, 0.25) is 10.0 Å². The summed E-state index contributed by atoms with van der Waals surface area (Å²) < 4.78 is 27.7. The molecule has 1 aliphatic rings. The Balaban J connectivity index is 0.000000840. The van der Waals surface area contributed by atoms with E-state index in [9.17, 15) is 13.2 Å². The van der Waals surface area contributed by atoms with Crippen LogP contribution in [0.1, 0.15) is 28.4 Å². The number of hydrogen-bond acceptors (Lipinski definition) is 5. The minimum absolute atomic E-state index is 0.0530. The van der Waals surface area contributed by atoms with Gasteiger partial charge in [-0.25, -0.2) is 8.42 Å². The Morgan fingerprint density at radius 3 is 2.14 bits per heavy atom. The SMILES string of the molecule is CC(=O)O.Cc1cc(C(=N)N)ccc1C(=O)N1CCN(S(=O)(=O)c2ccc3cc(Cl)ccc3c2)CC1. The Hall–Kier alpha value is -3.47. The van der Waals surface area contributed by atoms with Crippen LogP contribution in [0.2, 0.25) is 5.02 Å². The molecule has 0 unspecified atom stereocenters. The first kappa shape index (κ1) is 27.1. The van der Waals surface area contributed by atoms with E-state index in [0.29, 0.717) is 29.2 Å². The lowest BCUT2D eigenvalue weighted by molar-refractivity contribution is -0.134. The van der Waals surface area contributed by atoms with Gasteiger partial charge in [-0.05, 0) is 59.7 Å². The second kappa shape index (κ2) is 11.1. The minimum atomic E-state index is -3.68. The smallest absolute Gasteiger partial charge is 0.300 e. The van der Waals surface area contributed by atoms with E-state index >= 15 is 0 Å². The number of carbonyl (C=O) groups excluding carboxylic acids is 1. The zero-order valence-corrected chi connectivity index (χ0v) is 21.4. The third kappa shape index (κ3) is 6.20. The standard InChI is InChI=1S/C23H23ClN4O3S.C2H4O2/c1-15-12-18(22(25)26)4-7-21(15)23(29)27-8-10-28(11-9-27)32(30,31)20-6-3-16-13-19(24)5-2-17(16)14-20;1-2(3)4/h2-7,12-14H,8-11H2,1H3,(H3,25,26);1H3,(H,3,4). The van der Waals surface area contributed by atoms with Crippen LogP contribution in [-0.2, 0) is 14.8 Å². The number of nitrogen functional groups attached to an aromatic ring is 1. The van der Waals surface area contributed by atoms with E-state index in [1.807, 2.05) is 0 Å². The zero-order valence-electron chi connectivity index (χ0n) is 19.9. The number of amidine groups is 1. The second-order valence-corrected chi connectivity index (χ2v) is 10.7. The predicted molar refractivity (Wildman–Crippen MR) is 139 cm³/mol. The highest BCUT2D eigenvalue weighted by molar-refractivity contribution is 7.89. The van der Waals surface area contributed by atoms with Crippen molar-refractivity contribution in [2.75, 3.05) is 26.2 Å². The Morgan fingerprint density at radius 1 is 0.972 bits per heavy atom. The number of aryl methyl sites for hydroxylation is 1. The third-order valence-electron chi connectivity index (χ3n) is 5.71. The molecule has 1 fully saturated rings. The summed E-state index contributed by atoms with van der Waals surface area (Å²) in [4.78, 5) is 23.8. The van der Waals surface area contributed by atoms with Crippen LogP contribution in [-0.4, -0.2) is 66.6 Å². The van der Waals surface area contributed by atoms with Gasteiger partial charge >= 0.3 is 0 Å². The molecule has 1 heterocycles. The lowest BCUT2D eigenvalue weighted by atomic mass is 10.0. The van der Waals surface area contributed by atoms with Crippen molar-refractivity contribution in [3.05, 3.63) is 76.3 Å². The van der Waals surface area contributed by atoms with Crippen LogP contribution in [0.5, 0.6) is 0 Å². The van der Waals surface area contributed by atoms with Crippen molar-refractivity contribution in [2.45, 2.75) is 18.7 Å². The molecule has 0 bridgehead atoms. The number of carboxylic acids is 1. The van der Waals surface area contributed by atoms with Crippen molar-refractivity contribution >= 4 is 50.1 Å². The minimum Gasteiger partial charge on any atom is -0.481 e. The Labute approximate surface area is 214 Å². The molecule has 9 nitrogen and oxygen atoms in total. The normalized spacial score (nSPS) is 14.1. The summed E-state index contributed by atoms with van der Waals surface area (Å²) in [7, 11) is -3.68. The fourth-order valence-corrected chi connectivity index (χ4v) is 5.52. The van der Waals surface area contributed by atoms with Crippen molar-refractivity contribution in [1.82, 2.24) is 9.21 Å². The highest BCUT2D eigenvalue weighted by Gasteiger charge is 2.31. The average Bonchev–Trinajstić information content (AvgIpc) is 2.82. The summed E-state index contributed by atoms with van der Waals surface area (Å²) in [5, 5.41) is 17.2. The monoisotopic (exact) mass is 530 g/mol. The summed E-state index contributed by atoms with van der Waals surface area (Å²) in [5.41, 5.74) is 7.33.